The molecule has 0 bridgehead atoms. The average Bonchev–Trinajstić information content (AvgIpc) is 2.91. The number of hydrogen-bond acceptors (Lipinski definition) is 3. The standard InChI is InChI=1S/C15H14F2N2OS/c16-11-5-12(17)7-13(6-11)18-8-15(20)19-3-1-14-10(9-19)2-4-21-14/h2,4-7,18H,1,3,8-9H2. The van der Waals surface area contributed by atoms with E-state index in [9.17, 15) is 13.6 Å². The maximum absolute atomic E-state index is 13.1. The van der Waals surface area contributed by atoms with E-state index in [4.69, 9.17) is 0 Å². The van der Waals surface area contributed by atoms with Gasteiger partial charge in [-0.15, -0.1) is 11.3 Å². The molecular formula is C15H14F2N2OS. The van der Waals surface area contributed by atoms with Gasteiger partial charge in [0.2, 0.25) is 5.91 Å². The Bertz CT molecular complexity index is 651. The number of carbonyl (C=O) groups excluding carboxylic acids is 1. The van der Waals surface area contributed by atoms with Crippen molar-refractivity contribution in [1.82, 2.24) is 4.90 Å². The predicted octanol–water partition coefficient (Wildman–Crippen LogP) is 3.02. The molecule has 1 aromatic carbocycles. The van der Waals surface area contributed by atoms with Crippen molar-refractivity contribution in [2.24, 2.45) is 0 Å². The number of carbonyl (C=O) groups is 1. The molecule has 0 saturated heterocycles. The highest BCUT2D eigenvalue weighted by Crippen LogP contribution is 2.24. The molecule has 1 amide bonds. The average molecular weight is 308 g/mol. The zero-order chi connectivity index (χ0) is 14.8. The monoisotopic (exact) mass is 308 g/mol. The normalized spacial score (nSPS) is 13.9. The smallest absolute Gasteiger partial charge is 0.242 e. The molecule has 0 atom stereocenters. The van der Waals surface area contributed by atoms with Gasteiger partial charge in [0.15, 0.2) is 0 Å². The van der Waals surface area contributed by atoms with Gasteiger partial charge >= 0.3 is 0 Å². The number of nitrogens with zero attached hydrogens (tertiary/aromatic N) is 1. The Morgan fingerprint density at radius 1 is 1.29 bits per heavy atom. The molecule has 0 saturated carbocycles. The summed E-state index contributed by atoms with van der Waals surface area (Å²) in [7, 11) is 0. The number of anilines is 1. The molecule has 1 aromatic heterocycles. The highest BCUT2D eigenvalue weighted by molar-refractivity contribution is 7.10. The fraction of sp³-hybridized carbons (Fsp3) is 0.267. The highest BCUT2D eigenvalue weighted by Gasteiger charge is 2.21. The number of hydrogen-bond donors (Lipinski definition) is 1. The van der Waals surface area contributed by atoms with Gasteiger partial charge < -0.3 is 10.2 Å². The summed E-state index contributed by atoms with van der Waals surface area (Å²) in [6.45, 7) is 1.32. The van der Waals surface area contributed by atoms with Gasteiger partial charge in [0.25, 0.3) is 0 Å². The third-order valence-corrected chi connectivity index (χ3v) is 4.49. The van der Waals surface area contributed by atoms with E-state index in [1.165, 1.54) is 22.6 Å². The van der Waals surface area contributed by atoms with Crippen molar-refractivity contribution in [2.75, 3.05) is 18.4 Å². The summed E-state index contributed by atoms with van der Waals surface area (Å²) in [5.41, 5.74) is 1.46. The van der Waals surface area contributed by atoms with Crippen molar-refractivity contribution < 1.29 is 13.6 Å². The van der Waals surface area contributed by atoms with Crippen LogP contribution in [-0.2, 0) is 17.8 Å². The molecule has 0 unspecified atom stereocenters. The Balaban J connectivity index is 1.60. The largest absolute Gasteiger partial charge is 0.376 e. The van der Waals surface area contributed by atoms with Crippen molar-refractivity contribution in [3.63, 3.8) is 0 Å². The lowest BCUT2D eigenvalue weighted by atomic mass is 10.1. The lowest BCUT2D eigenvalue weighted by Crippen LogP contribution is -2.38. The van der Waals surface area contributed by atoms with E-state index in [1.54, 1.807) is 16.2 Å². The number of halogens is 2. The van der Waals surface area contributed by atoms with Crippen LogP contribution in [0.1, 0.15) is 10.4 Å². The highest BCUT2D eigenvalue weighted by atomic mass is 32.1. The van der Waals surface area contributed by atoms with Crippen LogP contribution in [0.5, 0.6) is 0 Å². The van der Waals surface area contributed by atoms with Gasteiger partial charge in [0, 0.05) is 29.7 Å². The first-order chi connectivity index (χ1) is 10.1. The van der Waals surface area contributed by atoms with E-state index in [1.807, 2.05) is 11.4 Å². The van der Waals surface area contributed by atoms with Crippen LogP contribution in [0.4, 0.5) is 14.5 Å². The number of fused-ring (bicyclic) bond motifs is 1. The fourth-order valence-corrected chi connectivity index (χ4v) is 3.30. The first-order valence-electron chi connectivity index (χ1n) is 6.65. The molecule has 2 aromatic rings. The van der Waals surface area contributed by atoms with Crippen LogP contribution in [0.25, 0.3) is 0 Å². The van der Waals surface area contributed by atoms with Crippen LogP contribution in [-0.4, -0.2) is 23.9 Å². The maximum Gasteiger partial charge on any atom is 0.242 e. The van der Waals surface area contributed by atoms with E-state index < -0.39 is 11.6 Å². The van der Waals surface area contributed by atoms with Crippen molar-refractivity contribution >= 4 is 22.9 Å². The summed E-state index contributed by atoms with van der Waals surface area (Å²) >= 11 is 1.72. The van der Waals surface area contributed by atoms with Crippen molar-refractivity contribution in [3.8, 4) is 0 Å². The summed E-state index contributed by atoms with van der Waals surface area (Å²) < 4.78 is 26.1. The van der Waals surface area contributed by atoms with Crippen LogP contribution in [0, 0.1) is 11.6 Å². The van der Waals surface area contributed by atoms with Gasteiger partial charge in [-0.1, -0.05) is 0 Å². The minimum atomic E-state index is -0.661. The SMILES string of the molecule is O=C(CNc1cc(F)cc(F)c1)N1CCc2sccc2C1. The molecule has 0 spiro atoms. The van der Waals surface area contributed by atoms with E-state index >= 15 is 0 Å². The summed E-state index contributed by atoms with van der Waals surface area (Å²) in [6.07, 6.45) is 0.868. The molecule has 1 N–H and O–H groups in total. The van der Waals surface area contributed by atoms with Crippen LogP contribution in [0.2, 0.25) is 0 Å². The molecule has 0 radical (unpaired) electrons. The lowest BCUT2D eigenvalue weighted by molar-refractivity contribution is -0.130. The van der Waals surface area contributed by atoms with E-state index in [2.05, 4.69) is 5.32 Å². The molecule has 0 aliphatic carbocycles. The molecule has 6 heteroatoms. The number of thiophene rings is 1. The van der Waals surface area contributed by atoms with Crippen LogP contribution in [0.15, 0.2) is 29.6 Å². The van der Waals surface area contributed by atoms with Gasteiger partial charge in [0.1, 0.15) is 11.6 Å². The van der Waals surface area contributed by atoms with Crippen molar-refractivity contribution in [2.45, 2.75) is 13.0 Å². The quantitative estimate of drug-likeness (QED) is 0.945. The minimum absolute atomic E-state index is 0.0301. The van der Waals surface area contributed by atoms with E-state index in [0.29, 0.717) is 13.1 Å². The molecule has 1 aliphatic heterocycles. The Kier molecular flexibility index (Phi) is 3.88. The second kappa shape index (κ2) is 5.81. The van der Waals surface area contributed by atoms with Gasteiger partial charge in [-0.2, -0.15) is 0 Å². The third kappa shape index (κ3) is 3.21. The van der Waals surface area contributed by atoms with Gasteiger partial charge in [-0.3, -0.25) is 4.79 Å². The van der Waals surface area contributed by atoms with Crippen LogP contribution >= 0.6 is 11.3 Å². The molecule has 0 fully saturated rings. The Morgan fingerprint density at radius 2 is 2.05 bits per heavy atom. The summed E-state index contributed by atoms with van der Waals surface area (Å²) in [5, 5.41) is 4.81. The summed E-state index contributed by atoms with van der Waals surface area (Å²) in [6, 6.07) is 5.18. The Labute approximate surface area is 125 Å². The molecule has 1 aliphatic rings. The maximum atomic E-state index is 13.1. The van der Waals surface area contributed by atoms with Gasteiger partial charge in [0.05, 0.1) is 6.54 Å². The second-order valence-electron chi connectivity index (χ2n) is 4.95. The summed E-state index contributed by atoms with van der Waals surface area (Å²) in [4.78, 5) is 15.2. The number of rotatable bonds is 3. The molecule has 110 valence electrons. The second-order valence-corrected chi connectivity index (χ2v) is 5.95. The zero-order valence-electron chi connectivity index (χ0n) is 11.2. The van der Waals surface area contributed by atoms with E-state index in [0.717, 1.165) is 12.5 Å². The van der Waals surface area contributed by atoms with E-state index in [-0.39, 0.29) is 18.1 Å². The lowest BCUT2D eigenvalue weighted by Gasteiger charge is -2.27. The number of benzene rings is 1. The van der Waals surface area contributed by atoms with Crippen LogP contribution in [0.3, 0.4) is 0 Å². The molecule has 3 nitrogen and oxygen atoms in total. The molecule has 2 heterocycles. The first-order valence-corrected chi connectivity index (χ1v) is 7.53. The predicted molar refractivity (Wildman–Crippen MR) is 78.3 cm³/mol. The number of amides is 1. The van der Waals surface area contributed by atoms with Crippen molar-refractivity contribution in [1.29, 1.82) is 0 Å². The zero-order valence-corrected chi connectivity index (χ0v) is 12.1. The number of nitrogens with one attached hydrogen (secondary N) is 1. The fourth-order valence-electron chi connectivity index (χ4n) is 2.41. The molecular weight excluding hydrogens is 294 g/mol. The van der Waals surface area contributed by atoms with Crippen LogP contribution < -0.4 is 5.32 Å². The molecule has 21 heavy (non-hydrogen) atoms. The topological polar surface area (TPSA) is 32.3 Å². The summed E-state index contributed by atoms with van der Waals surface area (Å²) in [5.74, 6) is -1.40. The third-order valence-electron chi connectivity index (χ3n) is 3.47. The molecule has 3 rings (SSSR count). The minimum Gasteiger partial charge on any atom is -0.376 e. The van der Waals surface area contributed by atoms with Crippen molar-refractivity contribution in [3.05, 3.63) is 51.7 Å². The Morgan fingerprint density at radius 3 is 2.81 bits per heavy atom. The van der Waals surface area contributed by atoms with Gasteiger partial charge in [-0.05, 0) is 35.6 Å². The first kappa shape index (κ1) is 14.0. The van der Waals surface area contributed by atoms with Gasteiger partial charge in [-0.25, -0.2) is 8.78 Å². The Hall–Kier alpha value is -1.95.